The number of nitrogen functional groups attached to an aromatic ring is 1. The molecule has 9 rings (SSSR count). The Morgan fingerprint density at radius 1 is 0.676 bits per heavy atom. The van der Waals surface area contributed by atoms with Crippen LogP contribution < -0.4 is 28.2 Å². The quantitative estimate of drug-likeness (QED) is 0.101. The summed E-state index contributed by atoms with van der Waals surface area (Å²) in [5.74, 6) is -4.61. The second-order valence-corrected chi connectivity index (χ2v) is 16.4. The maximum Gasteiger partial charge on any atom is 0.416 e. The van der Waals surface area contributed by atoms with Crippen LogP contribution in [0.3, 0.4) is 0 Å². The number of aliphatic carboxylic acids is 1. The van der Waals surface area contributed by atoms with Crippen LogP contribution in [0.25, 0.3) is 5.57 Å². The molecule has 4 aromatic carbocycles. The lowest BCUT2D eigenvalue weighted by molar-refractivity contribution is -0.138. The maximum atomic E-state index is 14.4. The SMILES string of the molecule is CC(=O)O.CCn1c(N)cc(=O)n(C)c1=O.CCn1c2c(c(=O)n(C)c1=O)C(c1cc(F)cc(C(F)(F)F)c1)C1=C(C2)c2ccccc2C1=O.O=C1CC(=O)c2ccccc21.O=Cc1cc(F)cc(C(F)(F)F)c1. The molecule has 0 saturated carbocycles. The largest absolute Gasteiger partial charge is 0.481 e. The summed E-state index contributed by atoms with van der Waals surface area (Å²) in [6, 6.07) is 18.6. The zero-order valence-corrected chi connectivity index (χ0v) is 39.7. The molecule has 0 amide bonds. The van der Waals surface area contributed by atoms with E-state index in [0.29, 0.717) is 58.3 Å². The molecule has 15 nitrogen and oxygen atoms in total. The summed E-state index contributed by atoms with van der Waals surface area (Å²) >= 11 is 0. The normalized spacial score (nSPS) is 14.1. The number of carboxylic acids is 1. The Balaban J connectivity index is 0.000000207. The lowest BCUT2D eigenvalue weighted by Crippen LogP contribution is -2.44. The van der Waals surface area contributed by atoms with Crippen molar-refractivity contribution in [2.24, 2.45) is 14.1 Å². The van der Waals surface area contributed by atoms with E-state index in [1.54, 1.807) is 62.4 Å². The number of alkyl halides is 6. The fraction of sp³-hybridized carbons (Fsp3) is 0.235. The van der Waals surface area contributed by atoms with Crippen molar-refractivity contribution in [2.75, 3.05) is 5.73 Å². The van der Waals surface area contributed by atoms with E-state index in [9.17, 15) is 73.5 Å². The summed E-state index contributed by atoms with van der Waals surface area (Å²) < 4.78 is 108. The number of carbonyl (C=O) groups is 5. The minimum atomic E-state index is -4.83. The van der Waals surface area contributed by atoms with Gasteiger partial charge < -0.3 is 10.8 Å². The van der Waals surface area contributed by atoms with Crippen molar-refractivity contribution in [3.05, 3.63) is 206 Å². The average Bonchev–Trinajstić information content (AvgIpc) is 3.79. The Hall–Kier alpha value is -8.63. The summed E-state index contributed by atoms with van der Waals surface area (Å²) in [6.45, 7) is 5.26. The van der Waals surface area contributed by atoms with Crippen LogP contribution >= 0.6 is 0 Å². The molecule has 388 valence electrons. The summed E-state index contributed by atoms with van der Waals surface area (Å²) in [6.07, 6.45) is -9.15. The Morgan fingerprint density at radius 3 is 1.65 bits per heavy atom. The van der Waals surface area contributed by atoms with Crippen molar-refractivity contribution >= 4 is 41.0 Å². The number of halogens is 8. The second-order valence-electron chi connectivity index (χ2n) is 16.4. The number of carboxylic acid groups (broad SMARTS) is 1. The number of aldehydes is 1. The molecule has 3 aliphatic rings. The number of fused-ring (bicyclic) bond motifs is 4. The number of nitrogens with two attached hydrogens (primary N) is 1. The van der Waals surface area contributed by atoms with E-state index in [2.05, 4.69) is 0 Å². The molecule has 0 bridgehead atoms. The lowest BCUT2D eigenvalue weighted by atomic mass is 9.76. The summed E-state index contributed by atoms with van der Waals surface area (Å²) in [5.41, 5.74) is 3.68. The van der Waals surface area contributed by atoms with Gasteiger partial charge in [-0.2, -0.15) is 26.3 Å². The number of allylic oxidation sites excluding steroid dienone is 2. The van der Waals surface area contributed by atoms with E-state index >= 15 is 0 Å². The number of anilines is 1. The fourth-order valence-electron chi connectivity index (χ4n) is 8.25. The third-order valence-electron chi connectivity index (χ3n) is 11.6. The number of ketones is 3. The topological polar surface area (TPSA) is 220 Å². The standard InChI is InChI=1S/C25H18F4N2O3.C9H6O2.C8H4F4O.C7H11N3O2.C2H4O2/c1-3-31-18-11-17-15-6-4-5-7-16(15)22(32)20(17)19(21(18)23(33)30(2)24(31)34)12-8-13(25(27,28)29)10-14(26)9-12;10-8-5-9(11)7-4-2-1-3-6(7)8;9-7-2-5(4-13)1-6(3-7)8(10,11)12;1-3-10-5(8)4-6(11)9(2)7(10)12;1-2(3)4/h4-10,19H,3,11H2,1-2H3;1-4H,5H2;1-4H;4H,3,8H2,1-2H3;1H3,(H,3,4). The van der Waals surface area contributed by atoms with Gasteiger partial charge in [-0.05, 0) is 66.9 Å². The molecule has 74 heavy (non-hydrogen) atoms. The van der Waals surface area contributed by atoms with Crippen LogP contribution in [0.5, 0.6) is 0 Å². The number of carbonyl (C=O) groups excluding carboxylic acids is 4. The van der Waals surface area contributed by atoms with Crippen molar-refractivity contribution < 1.29 is 64.2 Å². The van der Waals surface area contributed by atoms with E-state index < -0.39 is 64.0 Å². The van der Waals surface area contributed by atoms with Gasteiger partial charge in [0, 0.05) is 91.6 Å². The van der Waals surface area contributed by atoms with Gasteiger partial charge in [0.05, 0.1) is 17.5 Å². The summed E-state index contributed by atoms with van der Waals surface area (Å²) in [7, 11) is 2.70. The molecular formula is C51H43F8N5O10. The highest BCUT2D eigenvalue weighted by molar-refractivity contribution is 6.24. The number of hydrogen-bond donors (Lipinski definition) is 2. The number of benzene rings is 4. The van der Waals surface area contributed by atoms with Crippen LogP contribution in [0.4, 0.5) is 40.9 Å². The highest BCUT2D eigenvalue weighted by Crippen LogP contribution is 2.49. The van der Waals surface area contributed by atoms with Crippen LogP contribution in [-0.2, 0) is 50.8 Å². The number of nitrogens with zero attached hydrogens (tertiary/aromatic N) is 4. The first-order valence-electron chi connectivity index (χ1n) is 21.9. The van der Waals surface area contributed by atoms with Crippen LogP contribution in [0.1, 0.15) is 108 Å². The molecule has 1 atom stereocenters. The maximum absolute atomic E-state index is 14.4. The van der Waals surface area contributed by atoms with Gasteiger partial charge in [0.25, 0.3) is 17.1 Å². The van der Waals surface area contributed by atoms with Crippen molar-refractivity contribution in [2.45, 2.75) is 65.0 Å². The van der Waals surface area contributed by atoms with Crippen molar-refractivity contribution in [3.63, 3.8) is 0 Å². The van der Waals surface area contributed by atoms with E-state index in [0.717, 1.165) is 34.3 Å². The van der Waals surface area contributed by atoms with Gasteiger partial charge in [-0.1, -0.05) is 48.5 Å². The van der Waals surface area contributed by atoms with E-state index in [1.807, 2.05) is 0 Å². The second kappa shape index (κ2) is 22.4. The smallest absolute Gasteiger partial charge is 0.416 e. The van der Waals surface area contributed by atoms with Gasteiger partial charge in [-0.15, -0.1) is 0 Å². The van der Waals surface area contributed by atoms with Gasteiger partial charge in [0.2, 0.25) is 0 Å². The van der Waals surface area contributed by atoms with Gasteiger partial charge in [-0.3, -0.25) is 51.8 Å². The first-order valence-corrected chi connectivity index (χ1v) is 21.9. The third-order valence-corrected chi connectivity index (χ3v) is 11.6. The van der Waals surface area contributed by atoms with Crippen molar-refractivity contribution in [1.82, 2.24) is 18.3 Å². The van der Waals surface area contributed by atoms with Crippen LogP contribution in [0.15, 0.2) is 116 Å². The zero-order chi connectivity index (χ0) is 55.3. The Morgan fingerprint density at radius 2 is 1.15 bits per heavy atom. The predicted octanol–water partition coefficient (Wildman–Crippen LogP) is 7.42. The first-order chi connectivity index (χ1) is 34.6. The molecule has 2 heterocycles. The Kier molecular flexibility index (Phi) is 17.1. The van der Waals surface area contributed by atoms with Crippen LogP contribution in [-0.4, -0.2) is 53.0 Å². The molecule has 0 radical (unpaired) electrons. The van der Waals surface area contributed by atoms with E-state index in [4.69, 9.17) is 15.6 Å². The summed E-state index contributed by atoms with van der Waals surface area (Å²) in [4.78, 5) is 103. The molecule has 3 N–H and O–H groups in total. The Bertz CT molecular complexity index is 3490. The van der Waals surface area contributed by atoms with Gasteiger partial charge in [-0.25, -0.2) is 18.4 Å². The molecule has 1 unspecified atom stereocenters. The van der Waals surface area contributed by atoms with Crippen LogP contribution in [0.2, 0.25) is 0 Å². The molecule has 0 saturated heterocycles. The van der Waals surface area contributed by atoms with Gasteiger partial charge >= 0.3 is 23.7 Å². The average molecular weight is 1040 g/mol. The van der Waals surface area contributed by atoms with Crippen molar-refractivity contribution in [1.29, 1.82) is 0 Å². The number of aromatic nitrogens is 4. The lowest BCUT2D eigenvalue weighted by Gasteiger charge is -2.30. The molecule has 2 aromatic heterocycles. The first kappa shape index (κ1) is 56.3. The number of hydrogen-bond acceptors (Lipinski definition) is 10. The molecule has 6 aromatic rings. The van der Waals surface area contributed by atoms with Crippen LogP contribution in [0, 0.1) is 11.6 Å². The third kappa shape index (κ3) is 12.0. The Labute approximate surface area is 413 Å². The fourth-order valence-corrected chi connectivity index (χ4v) is 8.25. The highest BCUT2D eigenvalue weighted by atomic mass is 19.4. The molecule has 0 spiro atoms. The highest BCUT2D eigenvalue weighted by Gasteiger charge is 2.43. The molecular weight excluding hydrogens is 995 g/mol. The predicted molar refractivity (Wildman–Crippen MR) is 252 cm³/mol. The zero-order valence-electron chi connectivity index (χ0n) is 39.7. The molecule has 0 aliphatic heterocycles. The van der Waals surface area contributed by atoms with E-state index in [-0.39, 0.29) is 76.6 Å². The van der Waals surface area contributed by atoms with Gasteiger partial charge in [0.15, 0.2) is 17.3 Å². The van der Waals surface area contributed by atoms with Crippen molar-refractivity contribution in [3.8, 4) is 0 Å². The summed E-state index contributed by atoms with van der Waals surface area (Å²) in [5, 5.41) is 7.42. The monoisotopic (exact) mass is 1040 g/mol. The number of rotatable bonds is 4. The molecule has 0 fully saturated rings. The molecule has 3 aliphatic carbocycles. The minimum absolute atomic E-state index is 0.0163. The molecule has 23 heteroatoms. The number of Topliss-reactive ketones (excluding diaryl/α,β-unsaturated/α-hetero) is 3. The van der Waals surface area contributed by atoms with Gasteiger partial charge in [0.1, 0.15) is 23.7 Å². The van der Waals surface area contributed by atoms with E-state index in [1.165, 1.54) is 29.3 Å². The minimum Gasteiger partial charge on any atom is -0.481 e.